The van der Waals surface area contributed by atoms with E-state index in [-0.39, 0.29) is 24.5 Å². The molecule has 0 bridgehead atoms. The second kappa shape index (κ2) is 6.19. The number of ether oxygens (including phenoxy) is 2. The van der Waals surface area contributed by atoms with E-state index < -0.39 is 11.9 Å². The zero-order valence-corrected chi connectivity index (χ0v) is 8.85. The van der Waals surface area contributed by atoms with Crippen LogP contribution in [0.15, 0.2) is 18.2 Å². The lowest BCUT2D eigenvalue weighted by Gasteiger charge is -2.12. The van der Waals surface area contributed by atoms with Gasteiger partial charge in [0, 0.05) is 7.11 Å². The van der Waals surface area contributed by atoms with Crippen molar-refractivity contribution in [2.24, 2.45) is 0 Å². The predicted molar refractivity (Wildman–Crippen MR) is 55.2 cm³/mol. The molecule has 0 aliphatic carbocycles. The van der Waals surface area contributed by atoms with Crippen molar-refractivity contribution < 1.29 is 23.8 Å². The number of carbonyl (C=O) groups is 1. The first kappa shape index (κ1) is 12.6. The maximum Gasteiger partial charge on any atom is 0.153 e. The Morgan fingerprint density at radius 3 is 2.88 bits per heavy atom. The Morgan fingerprint density at radius 2 is 2.25 bits per heavy atom. The van der Waals surface area contributed by atoms with Crippen LogP contribution >= 0.6 is 0 Å². The van der Waals surface area contributed by atoms with Crippen molar-refractivity contribution in [3.05, 3.63) is 29.6 Å². The Balaban J connectivity index is 2.62. The maximum absolute atomic E-state index is 12.8. The fraction of sp³-hybridized carbons (Fsp3) is 0.364. The van der Waals surface area contributed by atoms with E-state index in [9.17, 15) is 14.3 Å². The van der Waals surface area contributed by atoms with Gasteiger partial charge in [-0.2, -0.15) is 0 Å². The molecule has 1 rings (SSSR count). The smallest absolute Gasteiger partial charge is 0.153 e. The molecule has 1 aromatic carbocycles. The van der Waals surface area contributed by atoms with Crippen LogP contribution in [0.4, 0.5) is 4.39 Å². The fourth-order valence-electron chi connectivity index (χ4n) is 1.17. The van der Waals surface area contributed by atoms with Crippen LogP contribution in [0.1, 0.15) is 10.4 Å². The van der Waals surface area contributed by atoms with Gasteiger partial charge < -0.3 is 14.6 Å². The lowest BCUT2D eigenvalue weighted by molar-refractivity contribution is 0.0323. The van der Waals surface area contributed by atoms with Gasteiger partial charge in [0.05, 0.1) is 12.2 Å². The monoisotopic (exact) mass is 228 g/mol. The lowest BCUT2D eigenvalue weighted by Crippen LogP contribution is -2.22. The SMILES string of the molecule is COCC(O)COc1ccc(F)cc1C=O. The highest BCUT2D eigenvalue weighted by Gasteiger charge is 2.08. The molecule has 1 N–H and O–H groups in total. The van der Waals surface area contributed by atoms with E-state index in [4.69, 9.17) is 9.47 Å². The largest absolute Gasteiger partial charge is 0.490 e. The first-order valence-corrected chi connectivity index (χ1v) is 4.72. The number of methoxy groups -OCH3 is 1. The number of aliphatic hydroxyl groups is 1. The van der Waals surface area contributed by atoms with E-state index >= 15 is 0 Å². The van der Waals surface area contributed by atoms with Gasteiger partial charge in [0.1, 0.15) is 24.3 Å². The van der Waals surface area contributed by atoms with Gasteiger partial charge in [0.2, 0.25) is 0 Å². The second-order valence-corrected chi connectivity index (χ2v) is 3.22. The van der Waals surface area contributed by atoms with Crippen LogP contribution in [-0.4, -0.2) is 37.8 Å². The summed E-state index contributed by atoms with van der Waals surface area (Å²) in [5.74, 6) is -0.265. The first-order chi connectivity index (χ1) is 7.67. The van der Waals surface area contributed by atoms with Crippen molar-refractivity contribution in [1.29, 1.82) is 0 Å². The number of aldehydes is 1. The van der Waals surface area contributed by atoms with E-state index in [0.717, 1.165) is 6.07 Å². The third kappa shape index (κ3) is 3.60. The molecule has 0 spiro atoms. The van der Waals surface area contributed by atoms with Gasteiger partial charge in [-0.3, -0.25) is 4.79 Å². The molecule has 1 aromatic rings. The molecule has 0 amide bonds. The average Bonchev–Trinajstić information content (AvgIpc) is 2.27. The van der Waals surface area contributed by atoms with Crippen molar-refractivity contribution in [1.82, 2.24) is 0 Å². The molecule has 1 unspecified atom stereocenters. The Kier molecular flexibility index (Phi) is 4.88. The van der Waals surface area contributed by atoms with Crippen molar-refractivity contribution in [2.45, 2.75) is 6.10 Å². The van der Waals surface area contributed by atoms with Crippen LogP contribution in [-0.2, 0) is 4.74 Å². The molecule has 0 aliphatic rings. The zero-order valence-electron chi connectivity index (χ0n) is 8.85. The molecule has 0 saturated carbocycles. The molecule has 0 heterocycles. The van der Waals surface area contributed by atoms with Gasteiger partial charge in [-0.1, -0.05) is 0 Å². The minimum atomic E-state index is -0.783. The van der Waals surface area contributed by atoms with Crippen LogP contribution in [0.3, 0.4) is 0 Å². The molecule has 88 valence electrons. The highest BCUT2D eigenvalue weighted by Crippen LogP contribution is 2.17. The molecule has 0 aliphatic heterocycles. The van der Waals surface area contributed by atoms with Crippen LogP contribution in [0.5, 0.6) is 5.75 Å². The van der Waals surface area contributed by atoms with Crippen molar-refractivity contribution in [3.63, 3.8) is 0 Å². The van der Waals surface area contributed by atoms with Gasteiger partial charge in [0.15, 0.2) is 6.29 Å². The average molecular weight is 228 g/mol. The summed E-state index contributed by atoms with van der Waals surface area (Å²) in [4.78, 5) is 10.6. The molecule has 5 heteroatoms. The molecule has 4 nitrogen and oxygen atoms in total. The molecule has 0 saturated heterocycles. The van der Waals surface area contributed by atoms with E-state index in [1.54, 1.807) is 0 Å². The van der Waals surface area contributed by atoms with Crippen LogP contribution in [0, 0.1) is 5.82 Å². The fourth-order valence-corrected chi connectivity index (χ4v) is 1.17. The molecule has 0 radical (unpaired) electrons. The number of rotatable bonds is 6. The molecule has 0 fully saturated rings. The topological polar surface area (TPSA) is 55.8 Å². The van der Waals surface area contributed by atoms with Crippen molar-refractivity contribution in [3.8, 4) is 5.75 Å². The number of hydrogen-bond donors (Lipinski definition) is 1. The number of benzene rings is 1. The van der Waals surface area contributed by atoms with Gasteiger partial charge in [-0.15, -0.1) is 0 Å². The quantitative estimate of drug-likeness (QED) is 0.739. The summed E-state index contributed by atoms with van der Waals surface area (Å²) in [5.41, 5.74) is 0.115. The van der Waals surface area contributed by atoms with E-state index in [1.165, 1.54) is 19.2 Å². The second-order valence-electron chi connectivity index (χ2n) is 3.22. The number of aliphatic hydroxyl groups excluding tert-OH is 1. The summed E-state index contributed by atoms with van der Waals surface area (Å²) >= 11 is 0. The molecular weight excluding hydrogens is 215 g/mol. The van der Waals surface area contributed by atoms with Crippen molar-refractivity contribution in [2.75, 3.05) is 20.3 Å². The third-order valence-corrected chi connectivity index (χ3v) is 1.89. The van der Waals surface area contributed by atoms with E-state index in [0.29, 0.717) is 6.29 Å². The lowest BCUT2D eigenvalue weighted by atomic mass is 10.2. The van der Waals surface area contributed by atoms with Gasteiger partial charge in [-0.25, -0.2) is 4.39 Å². The summed E-state index contributed by atoms with van der Waals surface area (Å²) in [6, 6.07) is 3.61. The van der Waals surface area contributed by atoms with E-state index in [2.05, 4.69) is 0 Å². The van der Waals surface area contributed by atoms with Gasteiger partial charge >= 0.3 is 0 Å². The minimum absolute atomic E-state index is 0.0136. The normalized spacial score (nSPS) is 12.2. The summed E-state index contributed by atoms with van der Waals surface area (Å²) in [7, 11) is 1.46. The van der Waals surface area contributed by atoms with E-state index in [1.807, 2.05) is 0 Å². The summed E-state index contributed by atoms with van der Waals surface area (Å²) in [6.07, 6.45) is -0.282. The maximum atomic E-state index is 12.8. The first-order valence-electron chi connectivity index (χ1n) is 4.72. The predicted octanol–water partition coefficient (Wildman–Crippen LogP) is 1.02. The summed E-state index contributed by atoms with van der Waals surface area (Å²) in [6.45, 7) is 0.123. The Bertz CT molecular complexity index is 354. The third-order valence-electron chi connectivity index (χ3n) is 1.89. The van der Waals surface area contributed by atoms with Gasteiger partial charge in [0.25, 0.3) is 0 Å². The highest BCUT2D eigenvalue weighted by atomic mass is 19.1. The molecular formula is C11H13FO4. The Labute approximate surface area is 92.6 Å². The number of halogens is 1. The Hall–Kier alpha value is -1.46. The molecule has 16 heavy (non-hydrogen) atoms. The highest BCUT2D eigenvalue weighted by molar-refractivity contribution is 5.79. The molecule has 1 atom stereocenters. The standard InChI is InChI=1S/C11H13FO4/c1-15-6-10(14)7-16-11-3-2-9(12)4-8(11)5-13/h2-5,10,14H,6-7H2,1H3. The Morgan fingerprint density at radius 1 is 1.50 bits per heavy atom. The minimum Gasteiger partial charge on any atom is -0.490 e. The summed E-state index contributed by atoms with van der Waals surface area (Å²) in [5, 5.41) is 9.32. The van der Waals surface area contributed by atoms with Crippen LogP contribution < -0.4 is 4.74 Å². The zero-order chi connectivity index (χ0) is 12.0. The number of hydrogen-bond acceptors (Lipinski definition) is 4. The van der Waals surface area contributed by atoms with Gasteiger partial charge in [-0.05, 0) is 18.2 Å². The molecule has 0 aromatic heterocycles. The van der Waals surface area contributed by atoms with Crippen LogP contribution in [0.2, 0.25) is 0 Å². The van der Waals surface area contributed by atoms with Crippen LogP contribution in [0.25, 0.3) is 0 Å². The summed E-state index contributed by atoms with van der Waals surface area (Å²) < 4.78 is 22.6. The number of carbonyl (C=O) groups excluding carboxylic acids is 1. The van der Waals surface area contributed by atoms with Crippen molar-refractivity contribution >= 4 is 6.29 Å².